The lowest BCUT2D eigenvalue weighted by atomic mass is 9.73. The molecule has 2 aliphatic heterocycles. The molecule has 1 aliphatic carbocycles. The molecule has 2 saturated heterocycles. The van der Waals surface area contributed by atoms with Crippen LogP contribution < -0.4 is 0 Å². The number of ether oxygens (including phenoxy) is 2. The van der Waals surface area contributed by atoms with Crippen LogP contribution in [0.3, 0.4) is 0 Å². The lowest BCUT2D eigenvalue weighted by molar-refractivity contribution is -0.147. The number of aromatic nitrogens is 1. The van der Waals surface area contributed by atoms with E-state index in [-0.39, 0.29) is 17.4 Å². The highest BCUT2D eigenvalue weighted by atomic mass is 16.5. The van der Waals surface area contributed by atoms with E-state index in [4.69, 9.17) is 9.47 Å². The summed E-state index contributed by atoms with van der Waals surface area (Å²) in [5, 5.41) is 0. The predicted molar refractivity (Wildman–Crippen MR) is 94.4 cm³/mol. The van der Waals surface area contributed by atoms with Crippen LogP contribution in [0, 0.1) is 18.3 Å². The monoisotopic (exact) mass is 344 g/mol. The van der Waals surface area contributed by atoms with E-state index in [0.29, 0.717) is 12.2 Å². The SMILES string of the molecule is Cc1ccc(C(=O)N2CC[C@H]3OCCC[C@]3(COCC3CC3)C2)cn1. The third-order valence-corrected chi connectivity index (χ3v) is 5.87. The number of carbonyl (C=O) groups excluding carboxylic acids is 1. The number of piperidine rings is 1. The summed E-state index contributed by atoms with van der Waals surface area (Å²) in [5.74, 6) is 0.845. The summed E-state index contributed by atoms with van der Waals surface area (Å²) in [7, 11) is 0. The molecule has 25 heavy (non-hydrogen) atoms. The first-order valence-electron chi connectivity index (χ1n) is 9.58. The molecule has 1 amide bonds. The molecule has 5 heteroatoms. The Morgan fingerprint density at radius 1 is 1.40 bits per heavy atom. The summed E-state index contributed by atoms with van der Waals surface area (Å²) >= 11 is 0. The molecule has 0 aromatic carbocycles. The average Bonchev–Trinajstić information content (AvgIpc) is 3.45. The van der Waals surface area contributed by atoms with Gasteiger partial charge in [-0.1, -0.05) is 0 Å². The molecule has 1 aromatic rings. The molecule has 0 N–H and O–H groups in total. The van der Waals surface area contributed by atoms with Crippen molar-refractivity contribution in [1.29, 1.82) is 0 Å². The van der Waals surface area contributed by atoms with Crippen LogP contribution in [0.5, 0.6) is 0 Å². The van der Waals surface area contributed by atoms with E-state index in [1.807, 2.05) is 24.0 Å². The second-order valence-electron chi connectivity index (χ2n) is 7.99. The van der Waals surface area contributed by atoms with E-state index in [2.05, 4.69) is 4.98 Å². The third kappa shape index (κ3) is 3.72. The van der Waals surface area contributed by atoms with Crippen LogP contribution in [0.15, 0.2) is 18.3 Å². The Hall–Kier alpha value is -1.46. The minimum Gasteiger partial charge on any atom is -0.380 e. The number of carbonyl (C=O) groups is 1. The van der Waals surface area contributed by atoms with Crippen molar-refractivity contribution < 1.29 is 14.3 Å². The molecule has 3 aliphatic rings. The van der Waals surface area contributed by atoms with E-state index in [9.17, 15) is 4.79 Å². The summed E-state index contributed by atoms with van der Waals surface area (Å²) in [6.45, 7) is 5.83. The van der Waals surface area contributed by atoms with Gasteiger partial charge in [-0.25, -0.2) is 0 Å². The Morgan fingerprint density at radius 3 is 3.04 bits per heavy atom. The number of aryl methyl sites for hydroxylation is 1. The Balaban J connectivity index is 1.46. The highest BCUT2D eigenvalue weighted by molar-refractivity contribution is 5.94. The minimum atomic E-state index is -0.0425. The molecule has 0 bridgehead atoms. The number of nitrogens with zero attached hydrogens (tertiary/aromatic N) is 2. The topological polar surface area (TPSA) is 51.7 Å². The molecule has 3 fully saturated rings. The van der Waals surface area contributed by atoms with Gasteiger partial charge in [0.1, 0.15) is 0 Å². The van der Waals surface area contributed by atoms with Gasteiger partial charge in [0.25, 0.3) is 5.91 Å². The zero-order chi connectivity index (χ0) is 17.3. The molecule has 4 rings (SSSR count). The van der Waals surface area contributed by atoms with Crippen LogP contribution in [0.25, 0.3) is 0 Å². The van der Waals surface area contributed by atoms with Gasteiger partial charge in [-0.3, -0.25) is 9.78 Å². The standard InChI is InChI=1S/C20H28N2O3/c1-15-3-6-17(11-21-15)19(23)22-9-7-18-20(13-22,8-2-10-25-18)14-24-12-16-4-5-16/h3,6,11,16,18H,2,4-5,7-10,12-14H2,1H3/t18-,20-/m1/s1. The van der Waals surface area contributed by atoms with Gasteiger partial charge in [0.2, 0.25) is 0 Å². The number of hydrogen-bond acceptors (Lipinski definition) is 4. The van der Waals surface area contributed by atoms with E-state index >= 15 is 0 Å². The number of pyridine rings is 1. The molecule has 0 radical (unpaired) electrons. The first-order valence-corrected chi connectivity index (χ1v) is 9.58. The zero-order valence-electron chi connectivity index (χ0n) is 15.1. The fraction of sp³-hybridized carbons (Fsp3) is 0.700. The van der Waals surface area contributed by atoms with E-state index < -0.39 is 0 Å². The van der Waals surface area contributed by atoms with Crippen LogP contribution in [0.4, 0.5) is 0 Å². The molecule has 1 saturated carbocycles. The molecule has 2 atom stereocenters. The summed E-state index contributed by atoms with van der Waals surface area (Å²) in [6, 6.07) is 3.78. The minimum absolute atomic E-state index is 0.0425. The maximum absolute atomic E-state index is 12.9. The van der Waals surface area contributed by atoms with Gasteiger partial charge in [-0.2, -0.15) is 0 Å². The molecule has 5 nitrogen and oxygen atoms in total. The third-order valence-electron chi connectivity index (χ3n) is 5.87. The van der Waals surface area contributed by atoms with Gasteiger partial charge in [-0.15, -0.1) is 0 Å². The van der Waals surface area contributed by atoms with Gasteiger partial charge in [0.05, 0.1) is 18.3 Å². The van der Waals surface area contributed by atoms with Crippen molar-refractivity contribution >= 4 is 5.91 Å². The van der Waals surface area contributed by atoms with Crippen LogP contribution in [-0.4, -0.2) is 54.8 Å². The van der Waals surface area contributed by atoms with Crippen molar-refractivity contribution in [1.82, 2.24) is 9.88 Å². The summed E-state index contributed by atoms with van der Waals surface area (Å²) in [5.41, 5.74) is 1.56. The van der Waals surface area contributed by atoms with Crippen LogP contribution in [0.2, 0.25) is 0 Å². The normalized spacial score (nSPS) is 29.3. The summed E-state index contributed by atoms with van der Waals surface area (Å²) in [6.07, 6.45) is 7.56. The average molecular weight is 344 g/mol. The molecule has 3 heterocycles. The molecule has 0 unspecified atom stereocenters. The number of likely N-dealkylation sites (tertiary alicyclic amines) is 1. The quantitative estimate of drug-likeness (QED) is 0.824. The van der Waals surface area contributed by atoms with Gasteiger partial charge >= 0.3 is 0 Å². The van der Waals surface area contributed by atoms with Crippen molar-refractivity contribution in [2.24, 2.45) is 11.3 Å². The van der Waals surface area contributed by atoms with Crippen LogP contribution in [-0.2, 0) is 9.47 Å². The Labute approximate surface area is 149 Å². The summed E-state index contributed by atoms with van der Waals surface area (Å²) < 4.78 is 12.2. The number of rotatable bonds is 5. The van der Waals surface area contributed by atoms with E-state index in [0.717, 1.165) is 57.2 Å². The summed E-state index contributed by atoms with van der Waals surface area (Å²) in [4.78, 5) is 19.2. The fourth-order valence-electron chi connectivity index (χ4n) is 4.16. The van der Waals surface area contributed by atoms with Crippen molar-refractivity contribution in [3.05, 3.63) is 29.6 Å². The molecular weight excluding hydrogens is 316 g/mol. The molecular formula is C20H28N2O3. The van der Waals surface area contributed by atoms with Crippen LogP contribution in [0.1, 0.15) is 48.2 Å². The Morgan fingerprint density at radius 2 is 2.28 bits per heavy atom. The van der Waals surface area contributed by atoms with Gasteiger partial charge in [-0.05, 0) is 57.1 Å². The maximum atomic E-state index is 12.9. The first kappa shape index (κ1) is 17.0. The van der Waals surface area contributed by atoms with E-state index in [1.165, 1.54) is 12.8 Å². The lowest BCUT2D eigenvalue weighted by Gasteiger charge is -2.50. The van der Waals surface area contributed by atoms with Crippen molar-refractivity contribution in [2.45, 2.75) is 45.1 Å². The lowest BCUT2D eigenvalue weighted by Crippen LogP contribution is -2.58. The molecule has 1 aromatic heterocycles. The van der Waals surface area contributed by atoms with E-state index in [1.54, 1.807) is 6.20 Å². The number of fused-ring (bicyclic) bond motifs is 1. The predicted octanol–water partition coefficient (Wildman–Crippen LogP) is 2.83. The zero-order valence-corrected chi connectivity index (χ0v) is 15.1. The maximum Gasteiger partial charge on any atom is 0.255 e. The van der Waals surface area contributed by atoms with Gasteiger partial charge < -0.3 is 14.4 Å². The van der Waals surface area contributed by atoms with Gasteiger partial charge in [0, 0.05) is 43.6 Å². The highest BCUT2D eigenvalue weighted by Gasteiger charge is 2.47. The van der Waals surface area contributed by atoms with Crippen molar-refractivity contribution in [2.75, 3.05) is 32.9 Å². The Kier molecular flexibility index (Phi) is 4.78. The first-order chi connectivity index (χ1) is 12.2. The number of hydrogen-bond donors (Lipinski definition) is 0. The van der Waals surface area contributed by atoms with Gasteiger partial charge in [0.15, 0.2) is 0 Å². The molecule has 0 spiro atoms. The Bertz CT molecular complexity index is 614. The smallest absolute Gasteiger partial charge is 0.255 e. The van der Waals surface area contributed by atoms with Crippen molar-refractivity contribution in [3.63, 3.8) is 0 Å². The van der Waals surface area contributed by atoms with Crippen LogP contribution >= 0.6 is 0 Å². The largest absolute Gasteiger partial charge is 0.380 e. The fourth-order valence-corrected chi connectivity index (χ4v) is 4.16. The van der Waals surface area contributed by atoms with Crippen molar-refractivity contribution in [3.8, 4) is 0 Å². The second-order valence-corrected chi connectivity index (χ2v) is 7.99. The highest BCUT2D eigenvalue weighted by Crippen LogP contribution is 2.41. The number of amides is 1. The molecule has 136 valence electrons. The second kappa shape index (κ2) is 7.04.